The van der Waals surface area contributed by atoms with Crippen molar-refractivity contribution in [3.8, 4) is 5.75 Å². The van der Waals surface area contributed by atoms with Crippen LogP contribution in [0, 0.1) is 13.8 Å². The van der Waals surface area contributed by atoms with E-state index in [2.05, 4.69) is 10.3 Å². The first-order valence-corrected chi connectivity index (χ1v) is 15.6. The van der Waals surface area contributed by atoms with Gasteiger partial charge in [0.15, 0.2) is 5.60 Å². The Morgan fingerprint density at radius 1 is 1.12 bits per heavy atom. The molecule has 1 aromatic heterocycles. The van der Waals surface area contributed by atoms with E-state index in [9.17, 15) is 18.3 Å². The highest BCUT2D eigenvalue weighted by Gasteiger charge is 2.49. The minimum absolute atomic E-state index is 0.116. The van der Waals surface area contributed by atoms with E-state index >= 15 is 0 Å². The molecular weight excluding hydrogens is 556 g/mol. The summed E-state index contributed by atoms with van der Waals surface area (Å²) in [5.41, 5.74) is 5.30. The lowest BCUT2D eigenvalue weighted by Gasteiger charge is -2.41. The topological polar surface area (TPSA) is 124 Å². The Kier molecular flexibility index (Phi) is 6.37. The maximum atomic E-state index is 13.9. The third-order valence-corrected chi connectivity index (χ3v) is 10.5. The van der Waals surface area contributed by atoms with Crippen molar-refractivity contribution in [1.82, 2.24) is 19.3 Å². The summed E-state index contributed by atoms with van der Waals surface area (Å²) in [6, 6.07) is 16.9. The Labute approximate surface area is 243 Å². The van der Waals surface area contributed by atoms with E-state index in [1.54, 1.807) is 24.3 Å². The van der Waals surface area contributed by atoms with Crippen molar-refractivity contribution in [2.75, 3.05) is 19.8 Å². The van der Waals surface area contributed by atoms with Crippen LogP contribution in [0.5, 0.6) is 5.75 Å². The average molecular weight is 589 g/mol. The molecule has 0 bridgehead atoms. The predicted octanol–water partition coefficient (Wildman–Crippen LogP) is 4.34. The zero-order chi connectivity index (χ0) is 29.2. The summed E-state index contributed by atoms with van der Waals surface area (Å²) >= 11 is 0. The first-order chi connectivity index (χ1) is 20.1. The number of carboxylic acids is 1. The highest BCUT2D eigenvalue weighted by atomic mass is 32.2. The zero-order valence-corrected chi connectivity index (χ0v) is 24.3. The molecule has 3 aliphatic rings. The van der Waals surface area contributed by atoms with Gasteiger partial charge in [-0.05, 0) is 72.7 Å². The van der Waals surface area contributed by atoms with Crippen molar-refractivity contribution in [2.24, 2.45) is 0 Å². The Hall–Kier alpha value is -3.80. The fraction of sp³-hybridized carbons (Fsp3) is 0.387. The second-order valence-corrected chi connectivity index (χ2v) is 13.7. The summed E-state index contributed by atoms with van der Waals surface area (Å²) < 4.78 is 42.9. The van der Waals surface area contributed by atoms with Gasteiger partial charge in [-0.1, -0.05) is 41.6 Å². The van der Waals surface area contributed by atoms with Crippen LogP contribution < -0.4 is 4.74 Å². The Morgan fingerprint density at radius 3 is 2.62 bits per heavy atom. The number of para-hydroxylation sites is 1. The summed E-state index contributed by atoms with van der Waals surface area (Å²) in [7, 11) is -3.88. The molecule has 42 heavy (non-hydrogen) atoms. The van der Waals surface area contributed by atoms with E-state index in [1.165, 1.54) is 4.31 Å². The quantitative estimate of drug-likeness (QED) is 0.338. The molecular formula is C31H32N4O6S. The number of fused-ring (bicyclic) bond motifs is 2. The molecule has 1 aliphatic carbocycles. The van der Waals surface area contributed by atoms with Crippen LogP contribution in [0.2, 0.25) is 0 Å². The van der Waals surface area contributed by atoms with Gasteiger partial charge in [0.05, 0.1) is 37.7 Å². The maximum Gasteiger partial charge on any atom is 0.304 e. The number of carboxylic acid groups (broad SMARTS) is 1. The predicted molar refractivity (Wildman–Crippen MR) is 154 cm³/mol. The highest BCUT2D eigenvalue weighted by Crippen LogP contribution is 2.40. The Bertz CT molecular complexity index is 1830. The minimum atomic E-state index is -3.88. The van der Waals surface area contributed by atoms with Crippen LogP contribution in [-0.4, -0.2) is 64.2 Å². The lowest BCUT2D eigenvalue weighted by molar-refractivity contribution is -0.165. The molecule has 1 atom stereocenters. The monoisotopic (exact) mass is 588 g/mol. The number of benzene rings is 3. The number of aromatic nitrogens is 3. The number of aliphatic carboxylic acids is 1. The van der Waals surface area contributed by atoms with Crippen molar-refractivity contribution in [2.45, 2.75) is 62.1 Å². The van der Waals surface area contributed by atoms with Crippen LogP contribution in [0.25, 0.3) is 11.0 Å². The molecule has 2 fully saturated rings. The van der Waals surface area contributed by atoms with E-state index < -0.39 is 27.5 Å². The molecule has 7 rings (SSSR count). The van der Waals surface area contributed by atoms with Crippen molar-refractivity contribution < 1.29 is 27.8 Å². The first kappa shape index (κ1) is 27.1. The second kappa shape index (κ2) is 9.89. The standard InChI is InChI=1S/C31H32N4O6S/c1-19-7-8-21(25(14-29(36)37)24-11-12-26-30(20(24)2)32-33-35(26)23-9-10-23)13-22(19)15-34-16-31(17-40-18-31)41-27-5-3-4-6-28(27)42(34,38)39/h3-8,11-13,23,25H,9-10,14-18H2,1-2H3,(H,36,37)/t25-/m0/s1. The lowest BCUT2D eigenvalue weighted by Crippen LogP contribution is -2.60. The SMILES string of the molecule is Cc1ccc([C@H](CC(=O)O)c2ccc3c(nnn3C3CC3)c2C)cc1CN1CC2(COC2)Oc2ccccc2S1(=O)=O. The van der Waals surface area contributed by atoms with Crippen molar-refractivity contribution in [3.05, 3.63) is 82.4 Å². The van der Waals surface area contributed by atoms with Gasteiger partial charge in [-0.15, -0.1) is 5.10 Å². The largest absolute Gasteiger partial charge is 0.481 e. The van der Waals surface area contributed by atoms with E-state index in [-0.39, 0.29) is 24.4 Å². The summed E-state index contributed by atoms with van der Waals surface area (Å²) in [4.78, 5) is 12.2. The molecule has 0 radical (unpaired) electrons. The molecule has 1 saturated heterocycles. The molecule has 4 aromatic rings. The smallest absolute Gasteiger partial charge is 0.304 e. The number of ether oxygens (including phenoxy) is 2. The number of hydrogen-bond acceptors (Lipinski definition) is 7. The van der Waals surface area contributed by atoms with Crippen molar-refractivity contribution in [3.63, 3.8) is 0 Å². The van der Waals surface area contributed by atoms with Gasteiger partial charge < -0.3 is 14.6 Å². The number of hydrogen-bond donors (Lipinski definition) is 1. The first-order valence-electron chi connectivity index (χ1n) is 14.2. The summed E-state index contributed by atoms with van der Waals surface area (Å²) in [5.74, 6) is -1.03. The number of sulfonamides is 1. The van der Waals surface area contributed by atoms with Gasteiger partial charge in [0, 0.05) is 12.5 Å². The maximum absolute atomic E-state index is 13.9. The minimum Gasteiger partial charge on any atom is -0.481 e. The van der Waals surface area contributed by atoms with Crippen LogP contribution in [0.3, 0.4) is 0 Å². The third kappa shape index (κ3) is 4.56. The molecule has 218 valence electrons. The van der Waals surface area contributed by atoms with Crippen LogP contribution in [-0.2, 0) is 26.1 Å². The molecule has 10 nitrogen and oxygen atoms in total. The van der Waals surface area contributed by atoms with Gasteiger partial charge in [0.1, 0.15) is 16.2 Å². The van der Waals surface area contributed by atoms with Gasteiger partial charge in [-0.25, -0.2) is 13.1 Å². The second-order valence-electron chi connectivity index (χ2n) is 11.7. The highest BCUT2D eigenvalue weighted by molar-refractivity contribution is 7.89. The van der Waals surface area contributed by atoms with Crippen LogP contribution in [0.15, 0.2) is 59.5 Å². The Balaban J connectivity index is 1.27. The van der Waals surface area contributed by atoms with Gasteiger partial charge >= 0.3 is 5.97 Å². The van der Waals surface area contributed by atoms with Crippen LogP contribution in [0.1, 0.15) is 59.0 Å². The molecule has 1 N–H and O–H groups in total. The molecule has 1 saturated carbocycles. The van der Waals surface area contributed by atoms with Crippen LogP contribution >= 0.6 is 0 Å². The Morgan fingerprint density at radius 2 is 1.90 bits per heavy atom. The molecule has 0 amide bonds. The lowest BCUT2D eigenvalue weighted by atomic mass is 9.84. The van der Waals surface area contributed by atoms with Gasteiger partial charge in [-0.3, -0.25) is 4.79 Å². The fourth-order valence-corrected chi connectivity index (χ4v) is 7.76. The van der Waals surface area contributed by atoms with Crippen LogP contribution in [0.4, 0.5) is 0 Å². The number of rotatable bonds is 7. The van der Waals surface area contributed by atoms with Gasteiger partial charge in [-0.2, -0.15) is 4.31 Å². The van der Waals surface area contributed by atoms with E-state index in [1.807, 2.05) is 48.9 Å². The number of aryl methyl sites for hydroxylation is 2. The molecule has 1 spiro atoms. The van der Waals surface area contributed by atoms with Gasteiger partial charge in [0.25, 0.3) is 0 Å². The molecule has 2 aliphatic heterocycles. The van der Waals surface area contributed by atoms with Crippen molar-refractivity contribution >= 4 is 27.0 Å². The number of carbonyl (C=O) groups is 1. The summed E-state index contributed by atoms with van der Waals surface area (Å²) in [5, 5.41) is 18.7. The fourth-order valence-electron chi connectivity index (χ4n) is 6.15. The van der Waals surface area contributed by atoms with E-state index in [0.29, 0.717) is 25.0 Å². The van der Waals surface area contributed by atoms with E-state index in [4.69, 9.17) is 9.47 Å². The zero-order valence-electron chi connectivity index (χ0n) is 23.5. The normalized spacial score (nSPS) is 20.0. The van der Waals surface area contributed by atoms with Crippen molar-refractivity contribution in [1.29, 1.82) is 0 Å². The van der Waals surface area contributed by atoms with E-state index in [0.717, 1.165) is 51.7 Å². The average Bonchev–Trinajstić information content (AvgIpc) is 3.70. The third-order valence-electron chi connectivity index (χ3n) is 8.70. The molecule has 3 heterocycles. The summed E-state index contributed by atoms with van der Waals surface area (Å²) in [6.45, 7) is 4.79. The number of nitrogens with zero attached hydrogens (tertiary/aromatic N) is 4. The molecule has 11 heteroatoms. The molecule has 3 aromatic carbocycles. The van der Waals surface area contributed by atoms with Gasteiger partial charge in [0.2, 0.25) is 10.0 Å². The summed E-state index contributed by atoms with van der Waals surface area (Å²) in [6.07, 6.45) is 2.06. The molecule has 0 unspecified atom stereocenters.